The Morgan fingerprint density at radius 1 is 0.941 bits per heavy atom. The number of carbonyl (C=O) groups excluding carboxylic acids is 4. The van der Waals surface area contributed by atoms with Crippen molar-refractivity contribution in [2.24, 2.45) is 0 Å². The van der Waals surface area contributed by atoms with Gasteiger partial charge in [0.25, 0.3) is 0 Å². The zero-order valence-electron chi connectivity index (χ0n) is 20.7. The second-order valence-electron chi connectivity index (χ2n) is 8.66. The molecule has 0 aromatic heterocycles. The number of rotatable bonds is 17. The number of esters is 1. The third kappa shape index (κ3) is 20.6. The highest BCUT2D eigenvalue weighted by atomic mass is 31.2. The highest BCUT2D eigenvalue weighted by Crippen LogP contribution is 2.43. The quantitative estimate of drug-likeness (QED) is 0.150. The van der Waals surface area contributed by atoms with E-state index in [0.29, 0.717) is 19.4 Å². The molecule has 1 unspecified atom stereocenters. The number of ketones is 1. The molecule has 0 aliphatic rings. The van der Waals surface area contributed by atoms with Gasteiger partial charge >= 0.3 is 19.9 Å². The summed E-state index contributed by atoms with van der Waals surface area (Å²) in [4.78, 5) is 55.2. The van der Waals surface area contributed by atoms with Gasteiger partial charge in [0.05, 0.1) is 13.2 Å². The number of Topliss-reactive ketones (excluding diaryl/α,β-unsaturated/α-hetero) is 1. The first-order valence-corrected chi connectivity index (χ1v) is 12.7. The van der Waals surface area contributed by atoms with Gasteiger partial charge < -0.3 is 29.8 Å². The second kappa shape index (κ2) is 16.6. The number of hydrogen-bond donors (Lipinski definition) is 3. The largest absolute Gasteiger partial charge is 0.472 e. The van der Waals surface area contributed by atoms with E-state index in [-0.39, 0.29) is 44.1 Å². The summed E-state index contributed by atoms with van der Waals surface area (Å²) in [6, 6.07) is 0. The molecule has 0 heterocycles. The molecule has 0 saturated heterocycles. The Labute approximate surface area is 201 Å². The maximum atomic E-state index is 11.9. The summed E-state index contributed by atoms with van der Waals surface area (Å²) in [5.74, 6) is -0.960. The molecule has 0 rings (SSSR count). The molecule has 0 radical (unpaired) electrons. The van der Waals surface area contributed by atoms with Gasteiger partial charge in [-0.2, -0.15) is 0 Å². The number of amides is 2. The van der Waals surface area contributed by atoms with Crippen molar-refractivity contribution in [3.63, 3.8) is 0 Å². The number of unbranched alkanes of at least 4 members (excludes halogenated alkanes) is 2. The zero-order valence-corrected chi connectivity index (χ0v) is 21.6. The van der Waals surface area contributed by atoms with Crippen LogP contribution in [0.4, 0.5) is 4.79 Å². The van der Waals surface area contributed by atoms with Crippen LogP contribution in [0.5, 0.6) is 0 Å². The Morgan fingerprint density at radius 2 is 1.62 bits per heavy atom. The van der Waals surface area contributed by atoms with Crippen LogP contribution in [0, 0.1) is 0 Å². The van der Waals surface area contributed by atoms with Gasteiger partial charge in [0.1, 0.15) is 17.5 Å². The molecule has 2 atom stereocenters. The lowest BCUT2D eigenvalue weighted by Crippen LogP contribution is -2.33. The minimum Gasteiger partial charge on any atom is -0.460 e. The molecule has 0 saturated carbocycles. The maximum absolute atomic E-state index is 11.9. The van der Waals surface area contributed by atoms with Crippen LogP contribution < -0.4 is 10.6 Å². The topological polar surface area (TPSA) is 167 Å². The van der Waals surface area contributed by atoms with Gasteiger partial charge in [-0.3, -0.25) is 18.6 Å². The Balaban J connectivity index is 3.96. The number of phosphoric ester groups is 1. The first-order chi connectivity index (χ1) is 15.7. The summed E-state index contributed by atoms with van der Waals surface area (Å²) in [5, 5.41) is 5.21. The standard InChI is InChI=1S/C21H39N2O10P/c1-16(24)10-11-18(32-17(2)25)15-31-34(28,29)30-14-13-22-19(26)9-7-6-8-12-23-20(27)33-21(3,4)5/h18H,6-15H2,1-5H3,(H,22,26)(H,23,27)(H,28,29)/t18-/m0/s1. The third-order valence-electron chi connectivity index (χ3n) is 4.00. The molecule has 2 amide bonds. The molecular formula is C21H39N2O10P. The molecule has 0 fully saturated rings. The summed E-state index contributed by atoms with van der Waals surface area (Å²) < 4.78 is 31.6. The fourth-order valence-electron chi connectivity index (χ4n) is 2.52. The second-order valence-corrected chi connectivity index (χ2v) is 10.1. The molecule has 0 aliphatic heterocycles. The van der Waals surface area contributed by atoms with Crippen LogP contribution in [0.25, 0.3) is 0 Å². The van der Waals surface area contributed by atoms with Crippen molar-refractivity contribution in [2.75, 3.05) is 26.3 Å². The maximum Gasteiger partial charge on any atom is 0.472 e. The Bertz CT molecular complexity index is 708. The summed E-state index contributed by atoms with van der Waals surface area (Å²) in [5.41, 5.74) is -0.551. The van der Waals surface area contributed by atoms with Crippen molar-refractivity contribution in [3.8, 4) is 0 Å². The number of phosphoric acid groups is 1. The van der Waals surface area contributed by atoms with Gasteiger partial charge in [-0.05, 0) is 47.0 Å². The molecule has 0 bridgehead atoms. The van der Waals surface area contributed by atoms with E-state index >= 15 is 0 Å². The number of alkyl carbamates (subject to hydrolysis) is 1. The smallest absolute Gasteiger partial charge is 0.460 e. The zero-order chi connectivity index (χ0) is 26.2. The van der Waals surface area contributed by atoms with E-state index in [1.807, 2.05) is 0 Å². The summed E-state index contributed by atoms with van der Waals surface area (Å²) in [7, 11) is -4.42. The minimum absolute atomic E-state index is 0.00462. The number of ether oxygens (including phenoxy) is 2. The van der Waals surface area contributed by atoms with Crippen molar-refractivity contribution in [2.45, 2.75) is 84.8 Å². The van der Waals surface area contributed by atoms with E-state index in [2.05, 4.69) is 10.6 Å². The van der Waals surface area contributed by atoms with Gasteiger partial charge in [-0.15, -0.1) is 0 Å². The van der Waals surface area contributed by atoms with Crippen molar-refractivity contribution in [3.05, 3.63) is 0 Å². The Hall–Kier alpha value is -2.01. The monoisotopic (exact) mass is 510 g/mol. The van der Waals surface area contributed by atoms with E-state index < -0.39 is 38.2 Å². The van der Waals surface area contributed by atoms with Gasteiger partial charge in [-0.25, -0.2) is 9.36 Å². The lowest BCUT2D eigenvalue weighted by molar-refractivity contribution is -0.149. The lowest BCUT2D eigenvalue weighted by Gasteiger charge is -2.19. The average molecular weight is 511 g/mol. The van der Waals surface area contributed by atoms with Crippen molar-refractivity contribution in [1.82, 2.24) is 10.6 Å². The molecule has 0 aromatic carbocycles. The van der Waals surface area contributed by atoms with E-state index in [9.17, 15) is 28.6 Å². The highest BCUT2D eigenvalue weighted by Gasteiger charge is 2.24. The molecule has 3 N–H and O–H groups in total. The third-order valence-corrected chi connectivity index (χ3v) is 4.99. The molecule has 198 valence electrons. The van der Waals surface area contributed by atoms with E-state index in [4.69, 9.17) is 18.5 Å². The number of hydrogen-bond acceptors (Lipinski definition) is 9. The van der Waals surface area contributed by atoms with Crippen LogP contribution in [-0.4, -0.2) is 66.7 Å². The van der Waals surface area contributed by atoms with Gasteiger partial charge in [0, 0.05) is 32.9 Å². The minimum atomic E-state index is -4.42. The van der Waals surface area contributed by atoms with E-state index in [0.717, 1.165) is 6.42 Å². The van der Waals surface area contributed by atoms with Gasteiger partial charge in [0.15, 0.2) is 0 Å². The molecule has 34 heavy (non-hydrogen) atoms. The predicted molar refractivity (Wildman–Crippen MR) is 123 cm³/mol. The van der Waals surface area contributed by atoms with Crippen LogP contribution in [0.15, 0.2) is 0 Å². The summed E-state index contributed by atoms with van der Waals surface area (Å²) >= 11 is 0. The van der Waals surface area contributed by atoms with Crippen LogP contribution in [0.1, 0.15) is 73.1 Å². The van der Waals surface area contributed by atoms with Crippen molar-refractivity contribution in [1.29, 1.82) is 0 Å². The summed E-state index contributed by atoms with van der Waals surface area (Å²) in [6.07, 6.45) is 1.25. The first kappa shape index (κ1) is 32.0. The predicted octanol–water partition coefficient (Wildman–Crippen LogP) is 2.62. The molecule has 0 aromatic rings. The fourth-order valence-corrected chi connectivity index (χ4v) is 3.27. The van der Waals surface area contributed by atoms with Crippen molar-refractivity contribution < 1.29 is 47.2 Å². The Kier molecular flexibility index (Phi) is 15.6. The van der Waals surface area contributed by atoms with E-state index in [1.54, 1.807) is 20.8 Å². The number of carbonyl (C=O) groups is 4. The highest BCUT2D eigenvalue weighted by molar-refractivity contribution is 7.47. The average Bonchev–Trinajstić information content (AvgIpc) is 2.68. The van der Waals surface area contributed by atoms with Crippen LogP contribution in [-0.2, 0) is 37.5 Å². The molecule has 0 aliphatic carbocycles. The first-order valence-electron chi connectivity index (χ1n) is 11.2. The SMILES string of the molecule is CC(=O)CC[C@@H](COP(=O)(O)OCCNC(=O)CCCCCNC(=O)OC(C)(C)C)OC(C)=O. The summed E-state index contributed by atoms with van der Waals surface area (Å²) in [6.45, 7) is 7.69. The van der Waals surface area contributed by atoms with Gasteiger partial charge in [0.2, 0.25) is 5.91 Å². The van der Waals surface area contributed by atoms with Crippen LogP contribution >= 0.6 is 7.82 Å². The molecule has 0 spiro atoms. The van der Waals surface area contributed by atoms with Crippen LogP contribution in [0.2, 0.25) is 0 Å². The molecule has 13 heteroatoms. The fraction of sp³-hybridized carbons (Fsp3) is 0.810. The van der Waals surface area contributed by atoms with Gasteiger partial charge in [-0.1, -0.05) is 6.42 Å². The number of nitrogens with one attached hydrogen (secondary N) is 2. The lowest BCUT2D eigenvalue weighted by atomic mass is 10.1. The molecular weight excluding hydrogens is 471 g/mol. The van der Waals surface area contributed by atoms with Crippen molar-refractivity contribution >= 4 is 31.6 Å². The van der Waals surface area contributed by atoms with E-state index in [1.165, 1.54) is 13.8 Å². The van der Waals surface area contributed by atoms with Crippen LogP contribution in [0.3, 0.4) is 0 Å². The Morgan fingerprint density at radius 3 is 2.21 bits per heavy atom. The normalized spacial score (nSPS) is 13.9. The molecule has 12 nitrogen and oxygen atoms in total.